The molecule has 1 unspecified atom stereocenters. The fraction of sp³-hybridized carbons (Fsp3) is 0.357. The highest BCUT2D eigenvalue weighted by Crippen LogP contribution is 2.26. The van der Waals surface area contributed by atoms with Crippen LogP contribution in [0.25, 0.3) is 0 Å². The van der Waals surface area contributed by atoms with Gasteiger partial charge >= 0.3 is 0 Å². The Bertz CT molecular complexity index is 589. The molecule has 1 aliphatic rings. The molecule has 1 amide bonds. The highest BCUT2D eigenvalue weighted by atomic mass is 127. The van der Waals surface area contributed by atoms with Crippen LogP contribution in [0.1, 0.15) is 6.42 Å². The number of ether oxygens (including phenoxy) is 1. The molecule has 0 saturated heterocycles. The number of hydrogen-bond acceptors (Lipinski definition) is 5. The van der Waals surface area contributed by atoms with Gasteiger partial charge in [-0.15, -0.1) is 20.7 Å². The summed E-state index contributed by atoms with van der Waals surface area (Å²) in [5.74, 6) is 0.135. The number of hydrazone groups is 1. The van der Waals surface area contributed by atoms with Crippen LogP contribution in [0.4, 0.5) is 5.69 Å². The minimum atomic E-state index is -0.792. The molecule has 0 bridgehead atoms. The third kappa shape index (κ3) is 4.17. The molecule has 3 N–H and O–H groups in total. The molecule has 0 aliphatic carbocycles. The standard InChI is InChI=1S/C14H17ClIN3O3/c1-16-3-2-12-13(14(21)19(18-12)4-5-20)22-11-7-9(15)6-10(17)8-11/h6-8,13,20H,1-5,17H2. The fourth-order valence-electron chi connectivity index (χ4n) is 2.04. The average Bonchev–Trinajstić information content (AvgIpc) is 2.73. The summed E-state index contributed by atoms with van der Waals surface area (Å²) in [7, 11) is 0. The van der Waals surface area contributed by atoms with Crippen molar-refractivity contribution in [3.63, 3.8) is 0 Å². The minimum Gasteiger partial charge on any atom is -0.474 e. The Morgan fingerprint density at radius 3 is 2.91 bits per heavy atom. The maximum absolute atomic E-state index is 12.3. The van der Waals surface area contributed by atoms with E-state index in [2.05, 4.69) is 9.62 Å². The van der Waals surface area contributed by atoms with Crippen molar-refractivity contribution in [1.29, 1.82) is 0 Å². The summed E-state index contributed by atoms with van der Waals surface area (Å²) in [5.41, 5.74) is 6.84. The van der Waals surface area contributed by atoms with Gasteiger partial charge in [-0.3, -0.25) is 4.79 Å². The Morgan fingerprint density at radius 1 is 1.50 bits per heavy atom. The van der Waals surface area contributed by atoms with E-state index in [1.165, 1.54) is 5.01 Å². The Kier molecular flexibility index (Phi) is 6.16. The van der Waals surface area contributed by atoms with Crippen LogP contribution < -0.4 is 10.5 Å². The number of carbonyl (C=O) groups excluding carboxylic acids is 1. The van der Waals surface area contributed by atoms with Gasteiger partial charge in [0.15, 0.2) is 0 Å². The zero-order chi connectivity index (χ0) is 16.1. The summed E-state index contributed by atoms with van der Waals surface area (Å²) in [6, 6.07) is 4.82. The number of amides is 1. The van der Waals surface area contributed by atoms with E-state index in [9.17, 15) is 4.79 Å². The van der Waals surface area contributed by atoms with Crippen LogP contribution in [0.3, 0.4) is 0 Å². The van der Waals surface area contributed by atoms with Crippen molar-refractivity contribution in [3.8, 4) is 5.75 Å². The molecule has 8 heteroatoms. The van der Waals surface area contributed by atoms with Gasteiger partial charge in [-0.2, -0.15) is 5.10 Å². The molecular weight excluding hydrogens is 421 g/mol. The smallest absolute Gasteiger partial charge is 0.289 e. The molecule has 2 rings (SSSR count). The molecule has 1 aromatic carbocycles. The molecule has 0 spiro atoms. The molecule has 0 saturated carbocycles. The van der Waals surface area contributed by atoms with E-state index in [4.69, 9.17) is 27.2 Å². The number of hydrogen-bond donors (Lipinski definition) is 2. The number of nitrogens with zero attached hydrogens (tertiary/aromatic N) is 2. The van der Waals surface area contributed by atoms with Gasteiger partial charge in [-0.05, 0) is 16.6 Å². The second-order valence-corrected chi connectivity index (χ2v) is 7.22. The number of aliphatic hydroxyl groups is 1. The monoisotopic (exact) mass is 437 g/mol. The van der Waals surface area contributed by atoms with Gasteiger partial charge in [0.25, 0.3) is 5.91 Å². The molecule has 1 atom stereocenters. The topological polar surface area (TPSA) is 88.1 Å². The van der Waals surface area contributed by atoms with Gasteiger partial charge in [0.2, 0.25) is 6.10 Å². The summed E-state index contributed by atoms with van der Waals surface area (Å²) in [5, 5.41) is 15.0. The molecule has 0 radical (unpaired) electrons. The van der Waals surface area contributed by atoms with Gasteiger partial charge in [-0.1, -0.05) is 16.1 Å². The van der Waals surface area contributed by atoms with E-state index in [0.717, 1.165) is 4.43 Å². The Labute approximate surface area is 143 Å². The van der Waals surface area contributed by atoms with Crippen LogP contribution >= 0.6 is 32.3 Å². The number of β-amino-alcohol motifs (C(OH)–C–C–N with tert-alkyl or cyclic N) is 1. The third-order valence-electron chi connectivity index (χ3n) is 2.97. The normalized spacial score (nSPS) is 17.7. The van der Waals surface area contributed by atoms with E-state index in [0.29, 0.717) is 28.6 Å². The largest absolute Gasteiger partial charge is 0.474 e. The number of aliphatic hydroxyl groups excluding tert-OH is 1. The third-order valence-corrected chi connectivity index (χ3v) is 4.49. The number of benzene rings is 1. The number of nitrogen functional groups attached to an aromatic ring is 1. The van der Waals surface area contributed by atoms with Gasteiger partial charge < -0.3 is 15.6 Å². The predicted octanol–water partition coefficient (Wildman–Crippen LogP) is 1.65. The summed E-state index contributed by atoms with van der Waals surface area (Å²) in [6.45, 7) is 0.000914. The van der Waals surface area contributed by atoms with Crippen molar-refractivity contribution in [3.05, 3.63) is 23.2 Å². The molecule has 1 heterocycles. The van der Waals surface area contributed by atoms with Crippen molar-refractivity contribution >= 4 is 54.2 Å². The highest BCUT2D eigenvalue weighted by Gasteiger charge is 2.37. The highest BCUT2D eigenvalue weighted by molar-refractivity contribution is 14.2. The van der Waals surface area contributed by atoms with Crippen molar-refractivity contribution < 1.29 is 14.6 Å². The van der Waals surface area contributed by atoms with Crippen molar-refractivity contribution in [2.75, 3.05) is 23.3 Å². The van der Waals surface area contributed by atoms with Crippen LogP contribution in [-0.4, -0.2) is 49.9 Å². The van der Waals surface area contributed by atoms with Crippen LogP contribution in [0.2, 0.25) is 5.02 Å². The molecule has 1 aromatic rings. The quantitative estimate of drug-likeness (QED) is 0.386. The summed E-state index contributed by atoms with van der Waals surface area (Å²) >= 11 is 5.80. The van der Waals surface area contributed by atoms with Gasteiger partial charge in [-0.25, -0.2) is 5.01 Å². The van der Waals surface area contributed by atoms with Gasteiger partial charge in [0.1, 0.15) is 5.75 Å². The number of alkyl halides is 1. The van der Waals surface area contributed by atoms with E-state index in [-0.39, 0.29) is 39.8 Å². The second kappa shape index (κ2) is 7.89. The first-order valence-corrected chi connectivity index (χ1v) is 10.0. The first kappa shape index (κ1) is 17.2. The second-order valence-electron chi connectivity index (χ2n) is 4.62. The SMILES string of the molecule is C=ICCC1=NN(CCO)C(=O)C1Oc1cc(N)cc(Cl)c1. The number of halogens is 2. The first-order valence-electron chi connectivity index (χ1n) is 6.60. The average molecular weight is 438 g/mol. The lowest BCUT2D eigenvalue weighted by molar-refractivity contribution is -0.134. The Morgan fingerprint density at radius 2 is 2.27 bits per heavy atom. The maximum Gasteiger partial charge on any atom is 0.289 e. The summed E-state index contributed by atoms with van der Waals surface area (Å²) < 4.78 is 10.6. The molecule has 0 fully saturated rings. The van der Waals surface area contributed by atoms with E-state index in [1.807, 2.05) is 0 Å². The fourth-order valence-corrected chi connectivity index (χ4v) is 3.21. The van der Waals surface area contributed by atoms with E-state index >= 15 is 0 Å². The van der Waals surface area contributed by atoms with Crippen LogP contribution in [0, 0.1) is 0 Å². The lowest BCUT2D eigenvalue weighted by Crippen LogP contribution is -2.37. The van der Waals surface area contributed by atoms with Crippen molar-refractivity contribution in [1.82, 2.24) is 5.01 Å². The molecule has 1 aliphatic heterocycles. The predicted molar refractivity (Wildman–Crippen MR) is 97.1 cm³/mol. The van der Waals surface area contributed by atoms with Gasteiger partial charge in [0.05, 0.1) is 18.9 Å². The zero-order valence-electron chi connectivity index (χ0n) is 11.8. The Hall–Kier alpha value is -1.19. The zero-order valence-corrected chi connectivity index (χ0v) is 14.7. The number of rotatable bonds is 7. The van der Waals surface area contributed by atoms with Crippen LogP contribution in [0.5, 0.6) is 5.75 Å². The summed E-state index contributed by atoms with van der Waals surface area (Å²) in [6.07, 6.45) is -0.134. The van der Waals surface area contributed by atoms with Crippen molar-refractivity contribution in [2.24, 2.45) is 5.10 Å². The van der Waals surface area contributed by atoms with Crippen LogP contribution in [0.15, 0.2) is 23.3 Å². The van der Waals surface area contributed by atoms with Gasteiger partial charge in [0, 0.05) is 23.2 Å². The lowest BCUT2D eigenvalue weighted by Gasteiger charge is -2.16. The van der Waals surface area contributed by atoms with E-state index in [1.54, 1.807) is 18.2 Å². The molecular formula is C14H17ClIN3O3. The number of anilines is 1. The maximum atomic E-state index is 12.3. The minimum absolute atomic E-state index is 0.145. The summed E-state index contributed by atoms with van der Waals surface area (Å²) in [4.78, 5) is 12.3. The number of carbonyl (C=O) groups is 1. The van der Waals surface area contributed by atoms with E-state index < -0.39 is 6.10 Å². The molecule has 0 aromatic heterocycles. The first-order chi connectivity index (χ1) is 10.5. The lowest BCUT2D eigenvalue weighted by atomic mass is 10.1. The van der Waals surface area contributed by atoms with Crippen LogP contribution in [-0.2, 0) is 4.79 Å². The molecule has 22 heavy (non-hydrogen) atoms. The Balaban J connectivity index is 2.20. The van der Waals surface area contributed by atoms with Crippen molar-refractivity contribution in [2.45, 2.75) is 12.5 Å². The molecule has 6 nitrogen and oxygen atoms in total. The number of nitrogens with two attached hydrogens (primary N) is 1. The molecule has 120 valence electrons.